The molecule has 0 saturated carbocycles. The molecule has 0 radical (unpaired) electrons. The van der Waals surface area contributed by atoms with E-state index in [2.05, 4.69) is 67.1 Å². The molecule has 1 nitrogen and oxygen atoms in total. The van der Waals surface area contributed by atoms with Gasteiger partial charge in [-0.2, -0.15) is 0 Å². The predicted molar refractivity (Wildman–Crippen MR) is 97.8 cm³/mol. The molecule has 0 unspecified atom stereocenters. The highest BCUT2D eigenvalue weighted by molar-refractivity contribution is 6.30. The van der Waals surface area contributed by atoms with E-state index >= 15 is 0 Å². The fourth-order valence-corrected chi connectivity index (χ4v) is 3.80. The second-order valence-corrected chi connectivity index (χ2v) is 7.64. The lowest BCUT2D eigenvalue weighted by Gasteiger charge is -2.16. The van der Waals surface area contributed by atoms with Gasteiger partial charge in [0.15, 0.2) is 0 Å². The first kappa shape index (κ1) is 14.6. The van der Waals surface area contributed by atoms with Crippen molar-refractivity contribution < 1.29 is 0 Å². The zero-order chi connectivity index (χ0) is 16.0. The second kappa shape index (κ2) is 5.28. The molecule has 2 heteroatoms. The molecule has 2 heterocycles. The summed E-state index contributed by atoms with van der Waals surface area (Å²) >= 11 is 6.09. The number of halogens is 1. The first-order valence-electron chi connectivity index (χ1n) is 8.07. The Kier molecular flexibility index (Phi) is 3.35. The van der Waals surface area contributed by atoms with Crippen LogP contribution in [0.25, 0.3) is 22.3 Å². The molecule has 0 aliphatic carbocycles. The summed E-state index contributed by atoms with van der Waals surface area (Å²) in [6.45, 7) is 5.76. The largest absolute Gasteiger partial charge is 0.350 e. The normalized spacial score (nSPS) is 15.6. The zero-order valence-electron chi connectivity index (χ0n) is 13.5. The number of nitrogens with zero attached hydrogens (tertiary/aromatic N) is 1. The van der Waals surface area contributed by atoms with E-state index in [1.54, 1.807) is 0 Å². The minimum atomic E-state index is 0.325. The van der Waals surface area contributed by atoms with Gasteiger partial charge in [0.05, 0.1) is 0 Å². The van der Waals surface area contributed by atoms with Gasteiger partial charge in [-0.3, -0.25) is 0 Å². The van der Waals surface area contributed by atoms with E-state index in [0.717, 1.165) is 18.0 Å². The lowest BCUT2D eigenvalue weighted by molar-refractivity contribution is 0.359. The number of fused-ring (bicyclic) bond motifs is 1. The summed E-state index contributed by atoms with van der Waals surface area (Å²) < 4.78 is 2.44. The Balaban J connectivity index is 1.93. The molecule has 0 bridgehead atoms. The van der Waals surface area contributed by atoms with E-state index in [-0.39, 0.29) is 0 Å². The molecule has 1 aromatic heterocycles. The molecule has 0 saturated heterocycles. The molecule has 0 atom stereocenters. The van der Waals surface area contributed by atoms with Gasteiger partial charge in [-0.15, -0.1) is 0 Å². The van der Waals surface area contributed by atoms with Gasteiger partial charge in [0.2, 0.25) is 0 Å². The van der Waals surface area contributed by atoms with Crippen molar-refractivity contribution in [1.82, 2.24) is 4.57 Å². The van der Waals surface area contributed by atoms with E-state index in [0.29, 0.717) is 5.41 Å². The van der Waals surface area contributed by atoms with Gasteiger partial charge in [-0.1, -0.05) is 67.9 Å². The maximum Gasteiger partial charge on any atom is 0.0406 e. The van der Waals surface area contributed by atoms with Crippen LogP contribution in [0.4, 0.5) is 0 Å². The van der Waals surface area contributed by atoms with Crippen LogP contribution in [-0.4, -0.2) is 4.57 Å². The molecular formula is C21H20ClN. The Morgan fingerprint density at radius 2 is 1.61 bits per heavy atom. The van der Waals surface area contributed by atoms with Gasteiger partial charge in [0.1, 0.15) is 0 Å². The average Bonchev–Trinajstić information content (AvgIpc) is 3.01. The summed E-state index contributed by atoms with van der Waals surface area (Å²) in [6.07, 6.45) is 3.43. The smallest absolute Gasteiger partial charge is 0.0406 e. The average molecular weight is 322 g/mol. The van der Waals surface area contributed by atoms with Crippen molar-refractivity contribution in [3.63, 3.8) is 0 Å². The highest BCUT2D eigenvalue weighted by Crippen LogP contribution is 2.44. The monoisotopic (exact) mass is 321 g/mol. The maximum atomic E-state index is 6.09. The molecule has 2 aromatic carbocycles. The van der Waals surface area contributed by atoms with Crippen LogP contribution in [0.15, 0.2) is 60.8 Å². The van der Waals surface area contributed by atoms with Crippen molar-refractivity contribution in [3.05, 3.63) is 71.5 Å². The molecule has 0 amide bonds. The molecule has 0 spiro atoms. The maximum absolute atomic E-state index is 6.09. The quantitative estimate of drug-likeness (QED) is 0.541. The molecule has 0 fully saturated rings. The summed E-state index contributed by atoms with van der Waals surface area (Å²) in [4.78, 5) is 0. The van der Waals surface area contributed by atoms with Crippen molar-refractivity contribution in [1.29, 1.82) is 0 Å². The lowest BCUT2D eigenvalue weighted by atomic mass is 9.87. The van der Waals surface area contributed by atoms with Crippen LogP contribution in [0, 0.1) is 5.41 Å². The summed E-state index contributed by atoms with van der Waals surface area (Å²) in [6, 6.07) is 18.9. The highest BCUT2D eigenvalue weighted by atomic mass is 35.5. The van der Waals surface area contributed by atoms with Gasteiger partial charge in [0.25, 0.3) is 0 Å². The predicted octanol–water partition coefficient (Wildman–Crippen LogP) is 6.06. The molecule has 0 N–H and O–H groups in total. The van der Waals surface area contributed by atoms with Crippen LogP contribution in [0.3, 0.4) is 0 Å². The van der Waals surface area contributed by atoms with Crippen LogP contribution in [-0.2, 0) is 13.0 Å². The van der Waals surface area contributed by atoms with Crippen molar-refractivity contribution in [3.8, 4) is 22.3 Å². The Bertz CT molecular complexity index is 842. The van der Waals surface area contributed by atoms with E-state index in [1.165, 1.54) is 27.9 Å². The number of hydrogen-bond acceptors (Lipinski definition) is 0. The van der Waals surface area contributed by atoms with E-state index in [1.807, 2.05) is 12.1 Å². The van der Waals surface area contributed by atoms with Gasteiger partial charge < -0.3 is 4.57 Å². The van der Waals surface area contributed by atoms with Crippen LogP contribution >= 0.6 is 11.6 Å². The molecule has 3 aromatic rings. The zero-order valence-corrected chi connectivity index (χ0v) is 14.3. The SMILES string of the molecule is CC1(C)Cc2c(-c3ccc(Cl)cc3)c(-c3ccccc3)cn2C1. The Morgan fingerprint density at radius 3 is 2.30 bits per heavy atom. The van der Waals surface area contributed by atoms with Crippen molar-refractivity contribution in [2.75, 3.05) is 0 Å². The Labute approximate surface area is 142 Å². The van der Waals surface area contributed by atoms with Gasteiger partial charge in [-0.05, 0) is 35.1 Å². The third-order valence-electron chi connectivity index (χ3n) is 4.65. The molecule has 4 rings (SSSR count). The fourth-order valence-electron chi connectivity index (χ4n) is 3.67. The minimum Gasteiger partial charge on any atom is -0.350 e. The van der Waals surface area contributed by atoms with Crippen LogP contribution < -0.4 is 0 Å². The molecule has 1 aliphatic heterocycles. The number of rotatable bonds is 2. The Morgan fingerprint density at radius 1 is 0.913 bits per heavy atom. The van der Waals surface area contributed by atoms with E-state index in [4.69, 9.17) is 11.6 Å². The van der Waals surface area contributed by atoms with Crippen molar-refractivity contribution >= 4 is 11.6 Å². The van der Waals surface area contributed by atoms with Crippen LogP contribution in [0.1, 0.15) is 19.5 Å². The van der Waals surface area contributed by atoms with Crippen molar-refractivity contribution in [2.45, 2.75) is 26.8 Å². The molecule has 116 valence electrons. The Hall–Kier alpha value is -1.99. The highest BCUT2D eigenvalue weighted by Gasteiger charge is 2.32. The molecular weight excluding hydrogens is 302 g/mol. The summed E-state index contributed by atoms with van der Waals surface area (Å²) in [5.41, 5.74) is 6.97. The van der Waals surface area contributed by atoms with Gasteiger partial charge in [-0.25, -0.2) is 0 Å². The molecule has 23 heavy (non-hydrogen) atoms. The third kappa shape index (κ3) is 2.60. The summed E-state index contributed by atoms with van der Waals surface area (Å²) in [7, 11) is 0. The van der Waals surface area contributed by atoms with E-state index in [9.17, 15) is 0 Å². The van der Waals surface area contributed by atoms with Gasteiger partial charge in [0, 0.05) is 34.6 Å². The first-order valence-corrected chi connectivity index (χ1v) is 8.45. The second-order valence-electron chi connectivity index (χ2n) is 7.21. The van der Waals surface area contributed by atoms with E-state index < -0.39 is 0 Å². The number of aromatic nitrogens is 1. The van der Waals surface area contributed by atoms with Crippen LogP contribution in [0.2, 0.25) is 5.02 Å². The fraction of sp³-hybridized carbons (Fsp3) is 0.238. The third-order valence-corrected chi connectivity index (χ3v) is 4.90. The number of benzene rings is 2. The van der Waals surface area contributed by atoms with Crippen LogP contribution in [0.5, 0.6) is 0 Å². The molecule has 1 aliphatic rings. The van der Waals surface area contributed by atoms with Gasteiger partial charge >= 0.3 is 0 Å². The minimum absolute atomic E-state index is 0.325. The summed E-state index contributed by atoms with van der Waals surface area (Å²) in [5.74, 6) is 0. The standard InChI is InChI=1S/C21H20ClN/c1-21(2)12-19-20(16-8-10-17(22)11-9-16)18(13-23(19)14-21)15-6-4-3-5-7-15/h3-11,13H,12,14H2,1-2H3. The topological polar surface area (TPSA) is 4.93 Å². The lowest BCUT2D eigenvalue weighted by Crippen LogP contribution is -2.12. The van der Waals surface area contributed by atoms with Crippen molar-refractivity contribution in [2.24, 2.45) is 5.41 Å². The number of hydrogen-bond donors (Lipinski definition) is 0. The summed E-state index contributed by atoms with van der Waals surface area (Å²) in [5, 5.41) is 0.784. The first-order chi connectivity index (χ1) is 11.0.